The average molecular weight is 362 g/mol. The van der Waals surface area contributed by atoms with Gasteiger partial charge in [0, 0.05) is 18.5 Å². The normalized spacial score (nSPS) is 11.5. The van der Waals surface area contributed by atoms with E-state index >= 15 is 0 Å². The molecule has 0 saturated heterocycles. The Balaban J connectivity index is 1.90. The fraction of sp³-hybridized carbons (Fsp3) is 0.360. The molecule has 0 aliphatic carbocycles. The van der Waals surface area contributed by atoms with Crippen molar-refractivity contribution in [1.29, 1.82) is 0 Å². The molecule has 0 spiro atoms. The molecule has 0 amide bonds. The fourth-order valence-electron chi connectivity index (χ4n) is 2.67. The van der Waals surface area contributed by atoms with E-state index in [2.05, 4.69) is 87.9 Å². The molecule has 0 radical (unpaired) electrons. The van der Waals surface area contributed by atoms with E-state index in [0.717, 1.165) is 18.8 Å². The molecule has 27 heavy (non-hydrogen) atoms. The molecule has 0 aliphatic rings. The predicted octanol–water partition coefficient (Wildman–Crippen LogP) is 5.61. The van der Waals surface area contributed by atoms with Crippen LogP contribution in [0.1, 0.15) is 37.5 Å². The van der Waals surface area contributed by atoms with Crippen molar-refractivity contribution in [3.05, 3.63) is 77.4 Å². The lowest BCUT2D eigenvalue weighted by Gasteiger charge is -2.16. The van der Waals surface area contributed by atoms with E-state index in [9.17, 15) is 0 Å². The van der Waals surface area contributed by atoms with Gasteiger partial charge in [-0.2, -0.15) is 0 Å². The Bertz CT molecular complexity index is 804. The van der Waals surface area contributed by atoms with Gasteiger partial charge in [-0.15, -0.1) is 0 Å². The Labute approximate surface area is 164 Å². The number of likely N-dealkylation sites (N-methyl/N-ethyl adjacent to an activating group) is 1. The number of rotatable bonds is 7. The quantitative estimate of drug-likeness (QED) is 0.594. The molecule has 2 heteroatoms. The minimum Gasteiger partial charge on any atom is -0.489 e. The van der Waals surface area contributed by atoms with Gasteiger partial charge in [0.2, 0.25) is 0 Å². The highest BCUT2D eigenvalue weighted by Crippen LogP contribution is 2.19. The molecular weight excluding hydrogens is 330 g/mol. The molecular formula is C25H31NO. The number of aryl methyl sites for hydroxylation is 1. The van der Waals surface area contributed by atoms with Crippen molar-refractivity contribution in [1.82, 2.24) is 4.90 Å². The molecule has 0 fully saturated rings. The van der Waals surface area contributed by atoms with Crippen LogP contribution in [0.15, 0.2) is 60.7 Å². The molecule has 0 N–H and O–H groups in total. The maximum Gasteiger partial charge on any atom is 0.120 e. The third-order valence-corrected chi connectivity index (χ3v) is 3.88. The van der Waals surface area contributed by atoms with Crippen LogP contribution in [-0.2, 0) is 13.2 Å². The maximum absolute atomic E-state index is 5.99. The first-order chi connectivity index (χ1) is 12.8. The van der Waals surface area contributed by atoms with E-state index in [4.69, 9.17) is 4.74 Å². The molecule has 0 aromatic heterocycles. The summed E-state index contributed by atoms with van der Waals surface area (Å²) in [7, 11) is 2.12. The van der Waals surface area contributed by atoms with Crippen LogP contribution in [-0.4, -0.2) is 18.5 Å². The Morgan fingerprint density at radius 2 is 1.78 bits per heavy atom. The van der Waals surface area contributed by atoms with Gasteiger partial charge < -0.3 is 4.74 Å². The molecule has 2 nitrogen and oxygen atoms in total. The molecule has 2 aromatic rings. The third kappa shape index (κ3) is 8.62. The number of hydrogen-bond acceptors (Lipinski definition) is 2. The molecule has 2 aromatic carbocycles. The summed E-state index contributed by atoms with van der Waals surface area (Å²) in [6.45, 7) is 10.8. The van der Waals surface area contributed by atoms with Crippen LogP contribution in [0.5, 0.6) is 5.75 Å². The largest absolute Gasteiger partial charge is 0.489 e. The molecule has 2 rings (SSSR count). The number of nitrogens with zero attached hydrogens (tertiary/aromatic N) is 1. The molecule has 0 aliphatic heterocycles. The SMILES string of the molecule is Cc1cc(CN(C)C/C=C/C#CC(C)(C)C)cc(OCc2ccccc2)c1. The number of hydrogen-bond donors (Lipinski definition) is 0. The van der Waals surface area contributed by atoms with Crippen LogP contribution in [0.2, 0.25) is 0 Å². The number of allylic oxidation sites excluding steroid dienone is 1. The van der Waals surface area contributed by atoms with Gasteiger partial charge in [-0.1, -0.05) is 54.3 Å². The Morgan fingerprint density at radius 3 is 2.48 bits per heavy atom. The van der Waals surface area contributed by atoms with Crippen LogP contribution in [0, 0.1) is 24.2 Å². The number of ether oxygens (including phenoxy) is 1. The summed E-state index contributed by atoms with van der Waals surface area (Å²) in [6.07, 6.45) is 4.06. The minimum absolute atomic E-state index is 0.0496. The van der Waals surface area contributed by atoms with E-state index in [1.807, 2.05) is 24.3 Å². The topological polar surface area (TPSA) is 12.5 Å². The summed E-state index contributed by atoms with van der Waals surface area (Å²) < 4.78 is 5.99. The molecule has 0 bridgehead atoms. The lowest BCUT2D eigenvalue weighted by molar-refractivity contribution is 0.304. The van der Waals surface area contributed by atoms with Gasteiger partial charge in [0.1, 0.15) is 12.4 Å². The Morgan fingerprint density at radius 1 is 1.04 bits per heavy atom. The van der Waals surface area contributed by atoms with E-state index < -0.39 is 0 Å². The lowest BCUT2D eigenvalue weighted by Crippen LogP contribution is -2.17. The van der Waals surface area contributed by atoms with Crippen LogP contribution in [0.25, 0.3) is 0 Å². The van der Waals surface area contributed by atoms with Gasteiger partial charge in [0.15, 0.2) is 0 Å². The standard InChI is InChI=1S/C25H31NO/c1-21-16-23(19-26(5)15-11-7-10-14-25(2,3)4)18-24(17-21)27-20-22-12-8-6-9-13-22/h6-9,11-13,16-18H,15,19-20H2,1-5H3/b11-7+. The summed E-state index contributed by atoms with van der Waals surface area (Å²) in [6, 6.07) is 16.7. The lowest BCUT2D eigenvalue weighted by atomic mass is 9.98. The van der Waals surface area contributed by atoms with Crippen molar-refractivity contribution in [2.24, 2.45) is 5.41 Å². The highest BCUT2D eigenvalue weighted by Gasteiger charge is 2.04. The van der Waals surface area contributed by atoms with Crippen LogP contribution >= 0.6 is 0 Å². The van der Waals surface area contributed by atoms with E-state index in [1.54, 1.807) is 0 Å². The molecule has 0 saturated carbocycles. The minimum atomic E-state index is 0.0496. The second kappa shape index (κ2) is 10.00. The van der Waals surface area contributed by atoms with Crippen LogP contribution < -0.4 is 4.74 Å². The molecule has 142 valence electrons. The Hall–Kier alpha value is -2.50. The van der Waals surface area contributed by atoms with E-state index in [0.29, 0.717) is 6.61 Å². The zero-order valence-electron chi connectivity index (χ0n) is 17.3. The molecule has 0 unspecified atom stereocenters. The van der Waals surface area contributed by atoms with Crippen molar-refractivity contribution < 1.29 is 4.74 Å². The summed E-state index contributed by atoms with van der Waals surface area (Å²) in [5.74, 6) is 7.26. The first-order valence-electron chi connectivity index (χ1n) is 9.45. The van der Waals surface area contributed by atoms with Crippen molar-refractivity contribution in [3.8, 4) is 17.6 Å². The van der Waals surface area contributed by atoms with Gasteiger partial charge in [-0.25, -0.2) is 0 Å². The highest BCUT2D eigenvalue weighted by atomic mass is 16.5. The van der Waals surface area contributed by atoms with Gasteiger partial charge in [0.05, 0.1) is 0 Å². The summed E-state index contributed by atoms with van der Waals surface area (Å²) in [5.41, 5.74) is 3.71. The second-order valence-electron chi connectivity index (χ2n) is 8.05. The first-order valence-corrected chi connectivity index (χ1v) is 9.45. The van der Waals surface area contributed by atoms with Crippen molar-refractivity contribution in [2.45, 2.75) is 40.8 Å². The highest BCUT2D eigenvalue weighted by molar-refractivity contribution is 5.34. The van der Waals surface area contributed by atoms with Crippen molar-refractivity contribution in [3.63, 3.8) is 0 Å². The monoisotopic (exact) mass is 361 g/mol. The van der Waals surface area contributed by atoms with Crippen LogP contribution in [0.3, 0.4) is 0 Å². The van der Waals surface area contributed by atoms with E-state index in [-0.39, 0.29) is 5.41 Å². The zero-order valence-corrected chi connectivity index (χ0v) is 17.3. The average Bonchev–Trinajstić information content (AvgIpc) is 2.59. The maximum atomic E-state index is 5.99. The predicted molar refractivity (Wildman–Crippen MR) is 115 cm³/mol. The van der Waals surface area contributed by atoms with Crippen LogP contribution in [0.4, 0.5) is 0 Å². The van der Waals surface area contributed by atoms with Gasteiger partial charge in [-0.05, 0) is 69.6 Å². The van der Waals surface area contributed by atoms with Gasteiger partial charge in [-0.3, -0.25) is 4.90 Å². The third-order valence-electron chi connectivity index (χ3n) is 3.88. The first kappa shape index (κ1) is 20.8. The second-order valence-corrected chi connectivity index (χ2v) is 8.05. The molecule has 0 heterocycles. The summed E-state index contributed by atoms with van der Waals surface area (Å²) >= 11 is 0. The zero-order chi connectivity index (χ0) is 19.7. The summed E-state index contributed by atoms with van der Waals surface area (Å²) in [5, 5.41) is 0. The van der Waals surface area contributed by atoms with Gasteiger partial charge >= 0.3 is 0 Å². The van der Waals surface area contributed by atoms with Crippen molar-refractivity contribution in [2.75, 3.05) is 13.6 Å². The summed E-state index contributed by atoms with van der Waals surface area (Å²) in [4.78, 5) is 2.27. The van der Waals surface area contributed by atoms with Crippen molar-refractivity contribution >= 4 is 0 Å². The van der Waals surface area contributed by atoms with E-state index in [1.165, 1.54) is 16.7 Å². The number of benzene rings is 2. The smallest absolute Gasteiger partial charge is 0.120 e. The fourth-order valence-corrected chi connectivity index (χ4v) is 2.67. The molecule has 0 atom stereocenters. The Kier molecular flexibility index (Phi) is 7.70. The van der Waals surface area contributed by atoms with Gasteiger partial charge in [0.25, 0.3) is 0 Å².